The van der Waals surface area contributed by atoms with Gasteiger partial charge in [0.15, 0.2) is 0 Å². The summed E-state index contributed by atoms with van der Waals surface area (Å²) in [5.74, 6) is -0.477. The highest BCUT2D eigenvalue weighted by Gasteiger charge is 2.40. The van der Waals surface area contributed by atoms with Gasteiger partial charge in [-0.3, -0.25) is 14.5 Å². The molecule has 1 atom stereocenters. The fraction of sp³-hybridized carbons (Fsp3) is 0.429. The van der Waals surface area contributed by atoms with E-state index in [-0.39, 0.29) is 24.5 Å². The van der Waals surface area contributed by atoms with Gasteiger partial charge in [0.2, 0.25) is 0 Å². The van der Waals surface area contributed by atoms with Crippen LogP contribution in [0.4, 0.5) is 0 Å². The van der Waals surface area contributed by atoms with Gasteiger partial charge in [0.05, 0.1) is 11.1 Å². The Hall–Kier alpha value is -1.68. The molecule has 1 aromatic carbocycles. The molecule has 0 bridgehead atoms. The third-order valence-corrected chi connectivity index (χ3v) is 3.47. The number of amides is 2. The second kappa shape index (κ2) is 4.53. The lowest BCUT2D eigenvalue weighted by Gasteiger charge is -2.21. The highest BCUT2D eigenvalue weighted by atomic mass is 16.3. The second-order valence-electron chi connectivity index (χ2n) is 4.79. The van der Waals surface area contributed by atoms with Crippen molar-refractivity contribution in [2.45, 2.75) is 33.2 Å². The van der Waals surface area contributed by atoms with Gasteiger partial charge in [0.1, 0.15) is 0 Å². The molecule has 1 heterocycles. The van der Waals surface area contributed by atoms with Crippen molar-refractivity contribution in [2.75, 3.05) is 6.61 Å². The Kier molecular flexibility index (Phi) is 3.22. The van der Waals surface area contributed by atoms with Crippen LogP contribution in [0.25, 0.3) is 0 Å². The molecular weight excluding hydrogens is 230 g/mol. The van der Waals surface area contributed by atoms with Gasteiger partial charge in [-0.1, -0.05) is 12.1 Å². The minimum absolute atomic E-state index is 0.0352. The summed E-state index contributed by atoms with van der Waals surface area (Å²) in [7, 11) is 0. The molecule has 0 aromatic heterocycles. The largest absolute Gasteiger partial charge is 0.396 e. The predicted octanol–water partition coefficient (Wildman–Crippen LogP) is 1.67. The lowest BCUT2D eigenvalue weighted by molar-refractivity contribution is 0.0576. The van der Waals surface area contributed by atoms with E-state index in [9.17, 15) is 9.59 Å². The number of imide groups is 1. The van der Waals surface area contributed by atoms with Gasteiger partial charge in [0, 0.05) is 12.6 Å². The number of aliphatic hydroxyl groups is 1. The van der Waals surface area contributed by atoms with Crippen molar-refractivity contribution in [3.63, 3.8) is 0 Å². The fourth-order valence-corrected chi connectivity index (χ4v) is 2.41. The molecule has 0 spiro atoms. The minimum atomic E-state index is -0.277. The molecule has 0 saturated carbocycles. The van der Waals surface area contributed by atoms with Gasteiger partial charge in [0.25, 0.3) is 11.8 Å². The van der Waals surface area contributed by atoms with Crippen LogP contribution in [0.2, 0.25) is 0 Å². The molecule has 1 unspecified atom stereocenters. The molecule has 0 saturated heterocycles. The zero-order valence-corrected chi connectivity index (χ0v) is 10.9. The zero-order chi connectivity index (χ0) is 13.4. The third kappa shape index (κ3) is 1.73. The number of nitrogens with zero attached hydrogens (tertiary/aromatic N) is 1. The van der Waals surface area contributed by atoms with Crippen molar-refractivity contribution < 1.29 is 14.7 Å². The Morgan fingerprint density at radius 3 is 1.94 bits per heavy atom. The van der Waals surface area contributed by atoms with Crippen LogP contribution >= 0.6 is 0 Å². The molecule has 0 radical (unpaired) electrons. The Labute approximate surface area is 106 Å². The molecule has 2 rings (SSSR count). The van der Waals surface area contributed by atoms with Gasteiger partial charge >= 0.3 is 0 Å². The topological polar surface area (TPSA) is 57.6 Å². The first-order valence-electron chi connectivity index (χ1n) is 6.08. The smallest absolute Gasteiger partial charge is 0.262 e. The van der Waals surface area contributed by atoms with E-state index in [4.69, 9.17) is 5.11 Å². The van der Waals surface area contributed by atoms with Gasteiger partial charge in [-0.05, 0) is 38.3 Å². The number of carbonyl (C=O) groups is 2. The van der Waals surface area contributed by atoms with E-state index < -0.39 is 0 Å². The molecule has 2 amide bonds. The van der Waals surface area contributed by atoms with Crippen molar-refractivity contribution >= 4 is 11.8 Å². The number of benzene rings is 1. The van der Waals surface area contributed by atoms with Crippen molar-refractivity contribution in [3.8, 4) is 0 Å². The van der Waals surface area contributed by atoms with Crippen LogP contribution in [0.3, 0.4) is 0 Å². The maximum Gasteiger partial charge on any atom is 0.262 e. The van der Waals surface area contributed by atoms with Crippen LogP contribution in [-0.4, -0.2) is 34.5 Å². The average molecular weight is 247 g/mol. The summed E-state index contributed by atoms with van der Waals surface area (Å²) in [6.07, 6.45) is 0.406. The summed E-state index contributed by atoms with van der Waals surface area (Å²) in [6, 6.07) is 3.44. The summed E-state index contributed by atoms with van der Waals surface area (Å²) in [6.45, 7) is 5.42. The average Bonchev–Trinajstić information content (AvgIpc) is 2.58. The summed E-state index contributed by atoms with van der Waals surface area (Å²) in [4.78, 5) is 25.9. The molecule has 1 N–H and O–H groups in total. The number of fused-ring (bicyclic) bond motifs is 1. The van der Waals surface area contributed by atoms with E-state index in [0.29, 0.717) is 17.5 Å². The maximum atomic E-state index is 12.3. The molecule has 1 aliphatic heterocycles. The van der Waals surface area contributed by atoms with E-state index in [1.54, 1.807) is 6.92 Å². The van der Waals surface area contributed by atoms with Crippen molar-refractivity contribution in [1.29, 1.82) is 0 Å². The molecular formula is C14H17NO3. The molecule has 0 aliphatic carbocycles. The SMILES string of the molecule is Cc1ccc(C)c2c1C(=O)N(C(C)CCO)C2=O. The van der Waals surface area contributed by atoms with Crippen molar-refractivity contribution in [3.05, 3.63) is 34.4 Å². The number of hydrogen-bond donors (Lipinski definition) is 1. The van der Waals surface area contributed by atoms with Gasteiger partial charge in [-0.15, -0.1) is 0 Å². The summed E-state index contributed by atoms with van der Waals surface area (Å²) < 4.78 is 0. The normalized spacial score (nSPS) is 16.1. The lowest BCUT2D eigenvalue weighted by atomic mass is 9.99. The molecule has 0 fully saturated rings. The molecule has 1 aliphatic rings. The Morgan fingerprint density at radius 2 is 1.56 bits per heavy atom. The van der Waals surface area contributed by atoms with Gasteiger partial charge < -0.3 is 5.11 Å². The number of hydrogen-bond acceptors (Lipinski definition) is 3. The van der Waals surface area contributed by atoms with Crippen LogP contribution < -0.4 is 0 Å². The quantitative estimate of drug-likeness (QED) is 0.827. The van der Waals surface area contributed by atoms with Crippen LogP contribution in [0.1, 0.15) is 45.2 Å². The zero-order valence-electron chi connectivity index (χ0n) is 10.9. The highest BCUT2D eigenvalue weighted by molar-refractivity contribution is 6.22. The monoisotopic (exact) mass is 247 g/mol. The van der Waals surface area contributed by atoms with Crippen LogP contribution in [0.5, 0.6) is 0 Å². The Balaban J connectivity index is 2.50. The summed E-state index contributed by atoms with van der Waals surface area (Å²) in [5.41, 5.74) is 2.69. The summed E-state index contributed by atoms with van der Waals surface area (Å²) in [5, 5.41) is 8.95. The van der Waals surface area contributed by atoms with Gasteiger partial charge in [-0.2, -0.15) is 0 Å². The second-order valence-corrected chi connectivity index (χ2v) is 4.79. The van der Waals surface area contributed by atoms with E-state index in [1.807, 2.05) is 26.0 Å². The molecule has 4 heteroatoms. The number of carbonyl (C=O) groups excluding carboxylic acids is 2. The van der Waals surface area contributed by atoms with Crippen LogP contribution in [0, 0.1) is 13.8 Å². The predicted molar refractivity (Wildman–Crippen MR) is 67.6 cm³/mol. The Morgan fingerprint density at radius 1 is 1.11 bits per heavy atom. The standard InChI is InChI=1S/C14H17NO3/c1-8-4-5-9(2)12-11(8)13(17)15(14(12)18)10(3)6-7-16/h4-5,10,16H,6-7H2,1-3H3. The van der Waals surface area contributed by atoms with Crippen molar-refractivity contribution in [2.24, 2.45) is 0 Å². The van der Waals surface area contributed by atoms with E-state index in [2.05, 4.69) is 0 Å². The number of aliphatic hydroxyl groups excluding tert-OH is 1. The van der Waals surface area contributed by atoms with E-state index in [1.165, 1.54) is 4.90 Å². The van der Waals surface area contributed by atoms with E-state index in [0.717, 1.165) is 11.1 Å². The highest BCUT2D eigenvalue weighted by Crippen LogP contribution is 2.30. The first-order valence-corrected chi connectivity index (χ1v) is 6.08. The van der Waals surface area contributed by atoms with Gasteiger partial charge in [-0.25, -0.2) is 0 Å². The van der Waals surface area contributed by atoms with E-state index >= 15 is 0 Å². The Bertz CT molecular complexity index is 481. The molecule has 18 heavy (non-hydrogen) atoms. The minimum Gasteiger partial charge on any atom is -0.396 e. The number of rotatable bonds is 3. The number of aryl methyl sites for hydroxylation is 2. The first-order chi connectivity index (χ1) is 8.49. The van der Waals surface area contributed by atoms with Crippen LogP contribution in [0.15, 0.2) is 12.1 Å². The van der Waals surface area contributed by atoms with Crippen molar-refractivity contribution in [1.82, 2.24) is 4.90 Å². The fourth-order valence-electron chi connectivity index (χ4n) is 2.41. The third-order valence-electron chi connectivity index (χ3n) is 3.47. The summed E-state index contributed by atoms with van der Waals surface area (Å²) >= 11 is 0. The van der Waals surface area contributed by atoms with Crippen LogP contribution in [-0.2, 0) is 0 Å². The molecule has 96 valence electrons. The molecule has 1 aromatic rings. The molecule has 4 nitrogen and oxygen atoms in total. The lowest BCUT2D eigenvalue weighted by Crippen LogP contribution is -2.38. The first kappa shape index (κ1) is 12.8. The maximum absolute atomic E-state index is 12.3.